The maximum absolute atomic E-state index is 14.8. The zero-order valence-corrected chi connectivity index (χ0v) is 20.3. The number of amides is 2. The Kier molecular flexibility index (Phi) is 6.63. The van der Waals surface area contributed by atoms with Crippen molar-refractivity contribution in [1.82, 2.24) is 10.4 Å². The van der Waals surface area contributed by atoms with E-state index in [0.29, 0.717) is 11.1 Å². The second kappa shape index (κ2) is 10.1. The van der Waals surface area contributed by atoms with Crippen LogP contribution in [0.25, 0.3) is 10.9 Å². The topological polar surface area (TPSA) is 136 Å². The Labute approximate surface area is 223 Å². The second-order valence-corrected chi connectivity index (χ2v) is 8.80. The summed E-state index contributed by atoms with van der Waals surface area (Å²) in [6, 6.07) is 17.9. The number of non-ortho nitro benzene ring substituents is 1. The predicted octanol–water partition coefficient (Wildman–Crippen LogP) is 5.48. The van der Waals surface area contributed by atoms with Crippen LogP contribution in [-0.2, 0) is 10.2 Å². The lowest BCUT2D eigenvalue weighted by Crippen LogP contribution is -2.57. The fraction of sp³-hybridized carbons (Fsp3) is 0.111. The molecule has 1 aromatic heterocycles. The van der Waals surface area contributed by atoms with Gasteiger partial charge >= 0.3 is 12.3 Å². The van der Waals surface area contributed by atoms with Gasteiger partial charge < -0.3 is 4.74 Å². The number of hydrogen-bond donors (Lipinski definition) is 2. The van der Waals surface area contributed by atoms with Gasteiger partial charge in [-0.15, -0.1) is 0 Å². The van der Waals surface area contributed by atoms with Gasteiger partial charge in [-0.05, 0) is 47.5 Å². The average Bonchev–Trinajstić information content (AvgIpc) is 2.93. The standard InChI is InChI=1S/C27H18F3N5O5/c28-27(29,30)26(21-4-1-5-22-20(21)3-2-14-31-22)15-23(33-34-24(26)36)16-6-8-17(9-7-16)32-25(37)40-19-12-10-18(11-13-19)35(38)39/h1-14H,15H2,(H,32,37)(H,34,36). The number of nitrogens with zero attached hydrogens (tertiary/aromatic N) is 3. The largest absolute Gasteiger partial charge is 0.417 e. The number of ether oxygens (including phenoxy) is 1. The number of anilines is 1. The number of benzene rings is 3. The van der Waals surface area contributed by atoms with Crippen LogP contribution in [-0.4, -0.2) is 33.8 Å². The molecule has 1 atom stereocenters. The smallest absolute Gasteiger partial charge is 0.410 e. The van der Waals surface area contributed by atoms with E-state index >= 15 is 0 Å². The van der Waals surface area contributed by atoms with E-state index < -0.39 is 34.9 Å². The molecule has 13 heteroatoms. The maximum atomic E-state index is 14.8. The highest BCUT2D eigenvalue weighted by Gasteiger charge is 2.63. The molecule has 0 fully saturated rings. The summed E-state index contributed by atoms with van der Waals surface area (Å²) in [6.45, 7) is 0. The highest BCUT2D eigenvalue weighted by atomic mass is 19.4. The molecule has 0 spiro atoms. The quantitative estimate of drug-likeness (QED) is 0.250. The maximum Gasteiger partial charge on any atom is 0.417 e. The van der Waals surface area contributed by atoms with E-state index in [1.54, 1.807) is 6.07 Å². The number of fused-ring (bicyclic) bond motifs is 1. The molecule has 2 N–H and O–H groups in total. The van der Waals surface area contributed by atoms with Crippen LogP contribution < -0.4 is 15.5 Å². The summed E-state index contributed by atoms with van der Waals surface area (Å²) in [5.41, 5.74) is -0.413. The molecular formula is C27H18F3N5O5. The normalized spacial score (nSPS) is 17.1. The van der Waals surface area contributed by atoms with Gasteiger partial charge in [0.2, 0.25) is 0 Å². The summed E-state index contributed by atoms with van der Waals surface area (Å²) in [5.74, 6) is -1.23. The third-order valence-electron chi connectivity index (χ3n) is 6.42. The fourth-order valence-corrected chi connectivity index (χ4v) is 4.46. The lowest BCUT2D eigenvalue weighted by atomic mass is 9.71. The molecule has 0 aliphatic carbocycles. The number of pyridine rings is 1. The van der Waals surface area contributed by atoms with Crippen LogP contribution in [0, 0.1) is 10.1 Å². The van der Waals surface area contributed by atoms with Gasteiger partial charge in [-0.2, -0.15) is 18.3 Å². The summed E-state index contributed by atoms with van der Waals surface area (Å²) in [7, 11) is 0. The first-order valence-corrected chi connectivity index (χ1v) is 11.7. The summed E-state index contributed by atoms with van der Waals surface area (Å²) < 4.78 is 49.4. The van der Waals surface area contributed by atoms with Gasteiger partial charge in [0.25, 0.3) is 11.6 Å². The molecule has 202 valence electrons. The zero-order valence-electron chi connectivity index (χ0n) is 20.3. The number of hydrazone groups is 1. The van der Waals surface area contributed by atoms with Crippen LogP contribution in [0.5, 0.6) is 5.75 Å². The number of carbonyl (C=O) groups is 2. The molecular weight excluding hydrogens is 531 g/mol. The van der Waals surface area contributed by atoms with Crippen LogP contribution in [0.15, 0.2) is 90.2 Å². The number of nitrogens with one attached hydrogen (secondary N) is 2. The highest BCUT2D eigenvalue weighted by Crippen LogP contribution is 2.48. The SMILES string of the molecule is O=C(Nc1ccc(C2=NNC(=O)C(c3cccc4ncccc34)(C(F)(F)F)C2)cc1)Oc1ccc([N+](=O)[O-])cc1. The van der Waals surface area contributed by atoms with E-state index in [0.717, 1.165) is 0 Å². The number of nitro groups is 1. The number of aromatic nitrogens is 1. The Morgan fingerprint density at radius 1 is 1.02 bits per heavy atom. The zero-order chi connectivity index (χ0) is 28.5. The second-order valence-electron chi connectivity index (χ2n) is 8.80. The van der Waals surface area contributed by atoms with Crippen molar-refractivity contribution in [2.75, 3.05) is 5.32 Å². The Hall–Kier alpha value is -5.33. The molecule has 1 aliphatic rings. The number of halogens is 3. The fourth-order valence-electron chi connectivity index (χ4n) is 4.46. The molecule has 2 amide bonds. The molecule has 1 aliphatic heterocycles. The Morgan fingerprint density at radius 2 is 1.75 bits per heavy atom. The molecule has 40 heavy (non-hydrogen) atoms. The minimum Gasteiger partial charge on any atom is -0.410 e. The van der Waals surface area contributed by atoms with Gasteiger partial charge in [-0.1, -0.05) is 30.3 Å². The molecule has 1 unspecified atom stereocenters. The minimum atomic E-state index is -4.97. The van der Waals surface area contributed by atoms with E-state index in [1.165, 1.54) is 79.0 Å². The van der Waals surface area contributed by atoms with Gasteiger partial charge in [0.15, 0.2) is 5.41 Å². The van der Waals surface area contributed by atoms with Crippen LogP contribution in [0.4, 0.5) is 29.3 Å². The monoisotopic (exact) mass is 549 g/mol. The van der Waals surface area contributed by atoms with E-state index in [-0.39, 0.29) is 33.8 Å². The molecule has 4 aromatic rings. The minimum absolute atomic E-state index is 0.0159. The summed E-state index contributed by atoms with van der Waals surface area (Å²) in [4.78, 5) is 39.4. The average molecular weight is 549 g/mol. The van der Waals surface area contributed by atoms with E-state index in [1.807, 2.05) is 0 Å². The van der Waals surface area contributed by atoms with Gasteiger partial charge in [-0.25, -0.2) is 10.2 Å². The van der Waals surface area contributed by atoms with Crippen LogP contribution in [0.3, 0.4) is 0 Å². The van der Waals surface area contributed by atoms with Crippen molar-refractivity contribution >= 4 is 40.0 Å². The van der Waals surface area contributed by atoms with Gasteiger partial charge in [-0.3, -0.25) is 25.2 Å². The Bertz CT molecular complexity index is 1650. The summed E-state index contributed by atoms with van der Waals surface area (Å²) >= 11 is 0. The van der Waals surface area contributed by atoms with Crippen molar-refractivity contribution in [1.29, 1.82) is 0 Å². The first-order chi connectivity index (χ1) is 19.1. The molecule has 3 aromatic carbocycles. The molecule has 5 rings (SSSR count). The number of rotatable bonds is 5. The van der Waals surface area contributed by atoms with Crippen molar-refractivity contribution in [2.24, 2.45) is 5.10 Å². The Balaban J connectivity index is 1.38. The van der Waals surface area contributed by atoms with E-state index in [2.05, 4.69) is 20.8 Å². The van der Waals surface area contributed by atoms with Crippen molar-refractivity contribution in [3.63, 3.8) is 0 Å². The van der Waals surface area contributed by atoms with Crippen molar-refractivity contribution in [2.45, 2.75) is 18.0 Å². The lowest BCUT2D eigenvalue weighted by Gasteiger charge is -2.37. The van der Waals surface area contributed by atoms with Gasteiger partial charge in [0.1, 0.15) is 5.75 Å². The molecule has 2 heterocycles. The third-order valence-corrected chi connectivity index (χ3v) is 6.42. The molecule has 0 radical (unpaired) electrons. The van der Waals surface area contributed by atoms with E-state index in [4.69, 9.17) is 4.74 Å². The van der Waals surface area contributed by atoms with Crippen molar-refractivity contribution < 1.29 is 32.4 Å². The molecule has 0 bridgehead atoms. The first kappa shape index (κ1) is 26.3. The van der Waals surface area contributed by atoms with Crippen LogP contribution >= 0.6 is 0 Å². The van der Waals surface area contributed by atoms with Crippen LogP contribution in [0.2, 0.25) is 0 Å². The van der Waals surface area contributed by atoms with Gasteiger partial charge in [0, 0.05) is 35.8 Å². The van der Waals surface area contributed by atoms with E-state index in [9.17, 15) is 32.9 Å². The summed E-state index contributed by atoms with van der Waals surface area (Å²) in [5, 5.41) is 17.3. The lowest BCUT2D eigenvalue weighted by molar-refractivity contribution is -0.384. The highest BCUT2D eigenvalue weighted by molar-refractivity contribution is 6.09. The number of nitro benzene ring substituents is 1. The number of carbonyl (C=O) groups excluding carboxylic acids is 2. The number of hydrogen-bond acceptors (Lipinski definition) is 7. The number of alkyl halides is 3. The van der Waals surface area contributed by atoms with Crippen LogP contribution in [0.1, 0.15) is 17.5 Å². The molecule has 0 saturated heterocycles. The van der Waals surface area contributed by atoms with Crippen molar-refractivity contribution in [3.8, 4) is 5.75 Å². The molecule has 10 nitrogen and oxygen atoms in total. The van der Waals surface area contributed by atoms with Crippen molar-refractivity contribution in [3.05, 3.63) is 106 Å². The summed E-state index contributed by atoms with van der Waals surface area (Å²) in [6.07, 6.45) is -5.15. The predicted molar refractivity (Wildman–Crippen MR) is 138 cm³/mol. The van der Waals surface area contributed by atoms with Gasteiger partial charge in [0.05, 0.1) is 16.2 Å². The molecule has 0 saturated carbocycles. The Morgan fingerprint density at radius 3 is 2.42 bits per heavy atom. The third kappa shape index (κ3) is 4.79. The first-order valence-electron chi connectivity index (χ1n) is 11.7.